The molecule has 242 valence electrons. The van der Waals surface area contributed by atoms with E-state index in [1.807, 2.05) is 24.3 Å². The van der Waals surface area contributed by atoms with Gasteiger partial charge in [0.05, 0.1) is 33.5 Å². The van der Waals surface area contributed by atoms with Crippen LogP contribution in [0.4, 0.5) is 0 Å². The molecule has 3 heterocycles. The standard InChI is InChI=1S/C48H29N3O/c1-2-14-31(15-3-1)48-49-40(35-22-12-18-30-13-6-7-19-34(30)35)29-41(50-48)37-25-26-43(46-38-21-9-11-24-45(38)52-47(37)46)51-42-23-10-8-20-36(42)39-27-32-16-4-5-17-33(32)28-44(39)51/h1-29H. The third-order valence-electron chi connectivity index (χ3n) is 10.4. The summed E-state index contributed by atoms with van der Waals surface area (Å²) in [5.41, 5.74) is 9.62. The summed E-state index contributed by atoms with van der Waals surface area (Å²) in [5, 5.41) is 9.31. The van der Waals surface area contributed by atoms with E-state index < -0.39 is 0 Å². The van der Waals surface area contributed by atoms with Crippen LogP contribution in [0.5, 0.6) is 0 Å². The molecule has 11 aromatic rings. The lowest BCUT2D eigenvalue weighted by Gasteiger charge is -2.14. The maximum Gasteiger partial charge on any atom is 0.160 e. The zero-order valence-corrected chi connectivity index (χ0v) is 28.0. The predicted octanol–water partition coefficient (Wildman–Crippen LogP) is 12.8. The maximum absolute atomic E-state index is 6.86. The molecule has 4 nitrogen and oxygen atoms in total. The minimum Gasteiger partial charge on any atom is -0.455 e. The molecule has 0 amide bonds. The summed E-state index contributed by atoms with van der Waals surface area (Å²) < 4.78 is 9.26. The topological polar surface area (TPSA) is 43.9 Å². The molecular formula is C48H29N3O. The second-order valence-corrected chi connectivity index (χ2v) is 13.4. The van der Waals surface area contributed by atoms with Gasteiger partial charge in [-0.1, -0.05) is 133 Å². The number of fused-ring (bicyclic) bond motifs is 8. The molecule has 0 aliphatic carbocycles. The normalized spacial score (nSPS) is 11.8. The van der Waals surface area contributed by atoms with Gasteiger partial charge in [0.1, 0.15) is 11.2 Å². The highest BCUT2D eigenvalue weighted by Crippen LogP contribution is 2.43. The Kier molecular flexibility index (Phi) is 6.22. The summed E-state index contributed by atoms with van der Waals surface area (Å²) in [4.78, 5) is 10.4. The molecule has 0 bridgehead atoms. The number of nitrogens with zero attached hydrogens (tertiary/aromatic N) is 3. The molecule has 52 heavy (non-hydrogen) atoms. The van der Waals surface area contributed by atoms with Crippen LogP contribution < -0.4 is 0 Å². The summed E-state index contributed by atoms with van der Waals surface area (Å²) in [6.45, 7) is 0. The molecule has 4 heteroatoms. The van der Waals surface area contributed by atoms with E-state index in [1.165, 1.54) is 26.9 Å². The fraction of sp³-hybridized carbons (Fsp3) is 0. The van der Waals surface area contributed by atoms with Crippen molar-refractivity contribution in [3.05, 3.63) is 176 Å². The lowest BCUT2D eigenvalue weighted by molar-refractivity contribution is 0.669. The fourth-order valence-corrected chi connectivity index (χ4v) is 8.00. The van der Waals surface area contributed by atoms with E-state index in [4.69, 9.17) is 14.4 Å². The van der Waals surface area contributed by atoms with Crippen LogP contribution in [0.2, 0.25) is 0 Å². The molecule has 0 radical (unpaired) electrons. The molecule has 8 aromatic carbocycles. The van der Waals surface area contributed by atoms with Crippen molar-refractivity contribution in [1.29, 1.82) is 0 Å². The molecule has 11 rings (SSSR count). The SMILES string of the molecule is c1ccc(-c2nc(-c3cccc4ccccc34)cc(-c3ccc(-n4c5ccccc5c5cc6ccccc6cc54)c4c3oc3ccccc34)n2)cc1. The zero-order chi connectivity index (χ0) is 34.2. The Balaban J connectivity index is 1.23. The van der Waals surface area contributed by atoms with Crippen LogP contribution in [0.25, 0.3) is 105 Å². The first-order valence-corrected chi connectivity index (χ1v) is 17.6. The maximum atomic E-state index is 6.86. The molecule has 0 N–H and O–H groups in total. The predicted molar refractivity (Wildman–Crippen MR) is 215 cm³/mol. The first kappa shape index (κ1) is 28.8. The highest BCUT2D eigenvalue weighted by Gasteiger charge is 2.22. The Morgan fingerprint density at radius 3 is 1.92 bits per heavy atom. The number of hydrogen-bond acceptors (Lipinski definition) is 3. The van der Waals surface area contributed by atoms with E-state index in [9.17, 15) is 0 Å². The molecule has 0 spiro atoms. The van der Waals surface area contributed by atoms with Gasteiger partial charge in [0.15, 0.2) is 5.82 Å². The van der Waals surface area contributed by atoms with Gasteiger partial charge < -0.3 is 8.98 Å². The second kappa shape index (κ2) is 11.2. The zero-order valence-electron chi connectivity index (χ0n) is 28.0. The highest BCUT2D eigenvalue weighted by molar-refractivity contribution is 6.18. The van der Waals surface area contributed by atoms with Crippen molar-refractivity contribution in [3.63, 3.8) is 0 Å². The molecular weight excluding hydrogens is 635 g/mol. The van der Waals surface area contributed by atoms with Crippen molar-refractivity contribution >= 4 is 65.3 Å². The average Bonchev–Trinajstić information content (AvgIpc) is 3.76. The van der Waals surface area contributed by atoms with Gasteiger partial charge >= 0.3 is 0 Å². The Morgan fingerprint density at radius 1 is 0.423 bits per heavy atom. The lowest BCUT2D eigenvalue weighted by atomic mass is 9.99. The van der Waals surface area contributed by atoms with Crippen molar-refractivity contribution < 1.29 is 4.42 Å². The molecule has 0 saturated heterocycles. The molecule has 0 aliphatic rings. The Labute approximate surface area is 298 Å². The van der Waals surface area contributed by atoms with Gasteiger partial charge in [-0.25, -0.2) is 9.97 Å². The van der Waals surface area contributed by atoms with Crippen LogP contribution in [0.15, 0.2) is 180 Å². The van der Waals surface area contributed by atoms with Crippen LogP contribution in [0.3, 0.4) is 0 Å². The van der Waals surface area contributed by atoms with Crippen molar-refractivity contribution in [2.45, 2.75) is 0 Å². The van der Waals surface area contributed by atoms with Crippen LogP contribution in [0, 0.1) is 0 Å². The summed E-state index contributed by atoms with van der Waals surface area (Å²) in [6.07, 6.45) is 0. The Hall–Kier alpha value is -7.04. The minimum atomic E-state index is 0.670. The van der Waals surface area contributed by atoms with Crippen molar-refractivity contribution in [2.24, 2.45) is 0 Å². The quantitative estimate of drug-likeness (QED) is 0.188. The molecule has 3 aromatic heterocycles. The number of rotatable bonds is 4. The van der Waals surface area contributed by atoms with Gasteiger partial charge in [-0.05, 0) is 64.0 Å². The van der Waals surface area contributed by atoms with E-state index in [-0.39, 0.29) is 0 Å². The van der Waals surface area contributed by atoms with Crippen molar-refractivity contribution in [3.8, 4) is 39.6 Å². The molecule has 0 atom stereocenters. The summed E-state index contributed by atoms with van der Waals surface area (Å²) in [5.74, 6) is 0.670. The number of aromatic nitrogens is 3. The average molecular weight is 664 g/mol. The largest absolute Gasteiger partial charge is 0.455 e. The number of para-hydroxylation sites is 2. The monoisotopic (exact) mass is 663 g/mol. The second-order valence-electron chi connectivity index (χ2n) is 13.4. The molecule has 0 fully saturated rings. The van der Waals surface area contributed by atoms with Crippen molar-refractivity contribution in [1.82, 2.24) is 14.5 Å². The first-order valence-electron chi connectivity index (χ1n) is 17.6. The fourth-order valence-electron chi connectivity index (χ4n) is 8.00. The Morgan fingerprint density at radius 2 is 1.08 bits per heavy atom. The van der Waals surface area contributed by atoms with Crippen LogP contribution in [0.1, 0.15) is 0 Å². The minimum absolute atomic E-state index is 0.670. The lowest BCUT2D eigenvalue weighted by Crippen LogP contribution is -1.98. The summed E-state index contributed by atoms with van der Waals surface area (Å²) >= 11 is 0. The van der Waals surface area contributed by atoms with Gasteiger partial charge in [-0.15, -0.1) is 0 Å². The van der Waals surface area contributed by atoms with Crippen molar-refractivity contribution in [2.75, 3.05) is 0 Å². The molecule has 0 aliphatic heterocycles. The Bertz CT molecular complexity index is 3180. The van der Waals surface area contributed by atoms with Gasteiger partial charge in [-0.2, -0.15) is 0 Å². The number of benzene rings is 8. The van der Waals surface area contributed by atoms with Gasteiger partial charge in [0.25, 0.3) is 0 Å². The van der Waals surface area contributed by atoms with Crippen LogP contribution in [-0.2, 0) is 0 Å². The summed E-state index contributed by atoms with van der Waals surface area (Å²) in [6, 6.07) is 61.9. The van der Waals surface area contributed by atoms with E-state index in [0.717, 1.165) is 72.1 Å². The number of hydrogen-bond donors (Lipinski definition) is 0. The third-order valence-corrected chi connectivity index (χ3v) is 10.4. The van der Waals surface area contributed by atoms with Gasteiger partial charge in [-0.3, -0.25) is 0 Å². The molecule has 0 unspecified atom stereocenters. The van der Waals surface area contributed by atoms with Gasteiger partial charge in [0.2, 0.25) is 0 Å². The number of furan rings is 1. The van der Waals surface area contributed by atoms with Crippen LogP contribution in [-0.4, -0.2) is 14.5 Å². The van der Waals surface area contributed by atoms with Gasteiger partial charge in [0, 0.05) is 32.8 Å². The first-order chi connectivity index (χ1) is 25.8. The van der Waals surface area contributed by atoms with E-state index in [1.54, 1.807) is 0 Å². The van der Waals surface area contributed by atoms with E-state index in [2.05, 4.69) is 156 Å². The van der Waals surface area contributed by atoms with E-state index in [0.29, 0.717) is 5.82 Å². The van der Waals surface area contributed by atoms with Crippen LogP contribution >= 0.6 is 0 Å². The summed E-state index contributed by atoms with van der Waals surface area (Å²) in [7, 11) is 0. The van der Waals surface area contributed by atoms with E-state index >= 15 is 0 Å². The highest BCUT2D eigenvalue weighted by atomic mass is 16.3. The molecule has 0 saturated carbocycles. The third kappa shape index (κ3) is 4.34. The smallest absolute Gasteiger partial charge is 0.160 e.